The first kappa shape index (κ1) is 31.6. The number of fused-ring (bicyclic) bond motifs is 4. The number of hydrogen-bond donors (Lipinski definition) is 1. The van der Waals surface area contributed by atoms with E-state index in [0.29, 0.717) is 5.69 Å². The van der Waals surface area contributed by atoms with Crippen LogP contribution >= 0.6 is 0 Å². The maximum Gasteiger partial charge on any atom is 0.164 e. The number of phenols is 1. The Morgan fingerprint density at radius 1 is 0.538 bits per heavy atom. The Balaban J connectivity index is 1.35. The van der Waals surface area contributed by atoms with Crippen LogP contribution in [0.2, 0.25) is 0 Å². The Morgan fingerprint density at radius 2 is 1.17 bits per heavy atom. The smallest absolute Gasteiger partial charge is 0.164 e. The third-order valence-corrected chi connectivity index (χ3v) is 11.4. The minimum absolute atomic E-state index is 0.235. The van der Waals surface area contributed by atoms with E-state index in [1.807, 2.05) is 36.5 Å². The monoisotopic (exact) mass is 674 g/mol. The summed E-state index contributed by atoms with van der Waals surface area (Å²) in [6, 6.07) is 47.9. The van der Waals surface area contributed by atoms with Crippen molar-refractivity contribution < 1.29 is 5.11 Å². The van der Waals surface area contributed by atoms with Gasteiger partial charge in [-0.05, 0) is 51.3 Å². The first-order valence-corrected chi connectivity index (χ1v) is 17.8. The fourth-order valence-electron chi connectivity index (χ4n) is 7.92. The lowest BCUT2D eigenvalue weighted by molar-refractivity contribution is 0.296. The lowest BCUT2D eigenvalue weighted by Gasteiger charge is -2.47. The summed E-state index contributed by atoms with van der Waals surface area (Å²) >= 11 is 0. The van der Waals surface area contributed by atoms with Crippen LogP contribution in [0.4, 0.5) is 0 Å². The molecule has 52 heavy (non-hydrogen) atoms. The molecule has 0 spiro atoms. The zero-order chi connectivity index (χ0) is 35.6. The van der Waals surface area contributed by atoms with Crippen molar-refractivity contribution in [1.82, 2.24) is 19.5 Å². The Morgan fingerprint density at radius 3 is 1.88 bits per heavy atom. The molecule has 5 heteroatoms. The Kier molecular flexibility index (Phi) is 7.23. The van der Waals surface area contributed by atoms with Crippen LogP contribution in [0.1, 0.15) is 38.8 Å². The van der Waals surface area contributed by atoms with E-state index >= 15 is 0 Å². The maximum absolute atomic E-state index is 11.3. The number of benzene rings is 5. The quantitative estimate of drug-likeness (QED) is 0.197. The number of imidazole rings is 1. The van der Waals surface area contributed by atoms with Crippen molar-refractivity contribution in [3.63, 3.8) is 0 Å². The molecule has 9 rings (SSSR count). The van der Waals surface area contributed by atoms with Crippen LogP contribution in [0.15, 0.2) is 152 Å². The SMILES string of the molecule is CC1(C)c2ccc(-c3cn(-c4c(-c5ccccc5)cccc4-c4ccccc4)c(-c4nccc5ccccc45)n3)nc2-c2c(O)cccc2C1(C)C. The van der Waals surface area contributed by atoms with Gasteiger partial charge >= 0.3 is 0 Å². The number of rotatable bonds is 5. The van der Waals surface area contributed by atoms with Crippen LogP contribution in [0.25, 0.3) is 72.9 Å². The van der Waals surface area contributed by atoms with Gasteiger partial charge in [0, 0.05) is 39.9 Å². The molecule has 5 aromatic carbocycles. The van der Waals surface area contributed by atoms with Crippen molar-refractivity contribution in [3.05, 3.63) is 163 Å². The van der Waals surface area contributed by atoms with Gasteiger partial charge in [-0.1, -0.05) is 149 Å². The van der Waals surface area contributed by atoms with Crippen molar-refractivity contribution in [1.29, 1.82) is 0 Å². The number of nitrogens with zero attached hydrogens (tertiary/aromatic N) is 4. The summed E-state index contributed by atoms with van der Waals surface area (Å²) in [5, 5.41) is 13.4. The Hall–Kier alpha value is -6.33. The number of aromatic hydroxyl groups is 1. The van der Waals surface area contributed by atoms with Gasteiger partial charge in [0.15, 0.2) is 5.82 Å². The van der Waals surface area contributed by atoms with Gasteiger partial charge in [-0.2, -0.15) is 0 Å². The molecule has 1 N–H and O–H groups in total. The van der Waals surface area contributed by atoms with Crippen LogP contribution in [0.5, 0.6) is 5.75 Å². The number of para-hydroxylation sites is 1. The summed E-state index contributed by atoms with van der Waals surface area (Å²) in [5.74, 6) is 0.957. The van der Waals surface area contributed by atoms with Crippen molar-refractivity contribution in [3.8, 4) is 67.9 Å². The van der Waals surface area contributed by atoms with Crippen LogP contribution in [-0.4, -0.2) is 24.6 Å². The lowest BCUT2D eigenvalue weighted by atomic mass is 9.56. The molecule has 0 unspecified atom stereocenters. The molecular formula is C47H38N4O. The third-order valence-electron chi connectivity index (χ3n) is 11.4. The van der Waals surface area contributed by atoms with Gasteiger partial charge in [0.2, 0.25) is 0 Å². The molecule has 8 aromatic rings. The highest BCUT2D eigenvalue weighted by atomic mass is 16.3. The Labute approximate surface area is 304 Å². The second-order valence-electron chi connectivity index (χ2n) is 14.7. The van der Waals surface area contributed by atoms with E-state index < -0.39 is 0 Å². The molecule has 1 aliphatic carbocycles. The summed E-state index contributed by atoms with van der Waals surface area (Å²) in [7, 11) is 0. The molecule has 0 saturated heterocycles. The van der Waals surface area contributed by atoms with E-state index in [1.54, 1.807) is 6.07 Å². The van der Waals surface area contributed by atoms with Crippen molar-refractivity contribution >= 4 is 10.8 Å². The normalized spacial score (nSPS) is 14.2. The number of pyridine rings is 2. The molecule has 3 aromatic heterocycles. The second kappa shape index (κ2) is 11.9. The lowest BCUT2D eigenvalue weighted by Crippen LogP contribution is -2.43. The fourth-order valence-corrected chi connectivity index (χ4v) is 7.92. The zero-order valence-electron chi connectivity index (χ0n) is 29.7. The molecule has 0 bridgehead atoms. The topological polar surface area (TPSA) is 63.8 Å². The third kappa shape index (κ3) is 4.80. The summed E-state index contributed by atoms with van der Waals surface area (Å²) in [4.78, 5) is 15.8. The summed E-state index contributed by atoms with van der Waals surface area (Å²) in [5.41, 5.74) is 10.9. The van der Waals surface area contributed by atoms with Gasteiger partial charge in [0.05, 0.1) is 17.1 Å². The van der Waals surface area contributed by atoms with Crippen molar-refractivity contribution in [2.24, 2.45) is 0 Å². The van der Waals surface area contributed by atoms with Crippen LogP contribution < -0.4 is 0 Å². The minimum Gasteiger partial charge on any atom is -0.507 e. The standard InChI is InChI=1S/C47H38N4O/c1-46(2)36-23-14-24-40(52)41(36)43-37(47(46,3)4)25-26-38(49-43)39-29-51(45(50-39)42-33-20-12-11-19-32(33)27-28-48-42)44-34(30-15-7-5-8-16-30)21-13-22-35(44)31-17-9-6-10-18-31/h5-29,52H,1-4H3. The number of aromatic nitrogens is 4. The van der Waals surface area contributed by atoms with Crippen LogP contribution in [-0.2, 0) is 10.8 Å². The fraction of sp³-hybridized carbons (Fsp3) is 0.128. The second-order valence-corrected chi connectivity index (χ2v) is 14.7. The largest absolute Gasteiger partial charge is 0.507 e. The van der Waals surface area contributed by atoms with Gasteiger partial charge in [-0.3, -0.25) is 9.55 Å². The molecule has 0 fully saturated rings. The van der Waals surface area contributed by atoms with Gasteiger partial charge in [-0.25, -0.2) is 9.97 Å². The molecule has 5 nitrogen and oxygen atoms in total. The summed E-state index contributed by atoms with van der Waals surface area (Å²) in [6.07, 6.45) is 3.96. The molecular weight excluding hydrogens is 637 g/mol. The molecule has 0 radical (unpaired) electrons. The maximum atomic E-state index is 11.3. The number of phenolic OH excluding ortho intramolecular Hbond substituents is 1. The minimum atomic E-state index is -0.245. The predicted octanol–water partition coefficient (Wildman–Crippen LogP) is 11.4. The zero-order valence-corrected chi connectivity index (χ0v) is 29.7. The molecule has 0 atom stereocenters. The van der Waals surface area contributed by atoms with Gasteiger partial charge in [-0.15, -0.1) is 0 Å². The Bertz CT molecular complexity index is 2570. The number of hydrogen-bond acceptors (Lipinski definition) is 4. The summed E-state index contributed by atoms with van der Waals surface area (Å²) < 4.78 is 2.20. The predicted molar refractivity (Wildman–Crippen MR) is 212 cm³/mol. The van der Waals surface area contributed by atoms with Crippen molar-refractivity contribution in [2.45, 2.75) is 38.5 Å². The summed E-state index contributed by atoms with van der Waals surface area (Å²) in [6.45, 7) is 9.04. The van der Waals surface area contributed by atoms with E-state index in [2.05, 4.69) is 142 Å². The van der Waals surface area contributed by atoms with Crippen LogP contribution in [0.3, 0.4) is 0 Å². The van der Waals surface area contributed by atoms with E-state index in [4.69, 9.17) is 15.0 Å². The van der Waals surface area contributed by atoms with Gasteiger partial charge in [0.1, 0.15) is 17.1 Å². The van der Waals surface area contributed by atoms with E-state index in [0.717, 1.165) is 78.3 Å². The molecule has 252 valence electrons. The average Bonchev–Trinajstić information content (AvgIpc) is 3.62. The van der Waals surface area contributed by atoms with Crippen molar-refractivity contribution in [2.75, 3.05) is 0 Å². The molecule has 0 amide bonds. The van der Waals surface area contributed by atoms with Gasteiger partial charge < -0.3 is 5.11 Å². The molecule has 0 saturated carbocycles. The highest BCUT2D eigenvalue weighted by Gasteiger charge is 2.47. The van der Waals surface area contributed by atoms with Gasteiger partial charge in [0.25, 0.3) is 0 Å². The first-order valence-electron chi connectivity index (χ1n) is 17.8. The van der Waals surface area contributed by atoms with E-state index in [-0.39, 0.29) is 16.6 Å². The van der Waals surface area contributed by atoms with Crippen LogP contribution in [0, 0.1) is 0 Å². The molecule has 3 heterocycles. The molecule has 0 aliphatic heterocycles. The molecule has 1 aliphatic rings. The first-order chi connectivity index (χ1) is 25.2. The average molecular weight is 675 g/mol. The van der Waals surface area contributed by atoms with E-state index in [9.17, 15) is 5.11 Å². The highest BCUT2D eigenvalue weighted by molar-refractivity contribution is 5.95. The van der Waals surface area contributed by atoms with E-state index in [1.165, 1.54) is 0 Å². The highest BCUT2D eigenvalue weighted by Crippen LogP contribution is 2.55.